The van der Waals surface area contributed by atoms with Gasteiger partial charge in [0.2, 0.25) is 0 Å². The summed E-state index contributed by atoms with van der Waals surface area (Å²) in [6, 6.07) is 14.6. The lowest BCUT2D eigenvalue weighted by Crippen LogP contribution is -2.00. The van der Waals surface area contributed by atoms with Crippen LogP contribution in [0.5, 0.6) is 0 Å². The molecule has 0 amide bonds. The number of nitriles is 1. The molecule has 23 heavy (non-hydrogen) atoms. The molecule has 112 valence electrons. The van der Waals surface area contributed by atoms with Crippen LogP contribution in [-0.4, -0.2) is 18.1 Å². The summed E-state index contributed by atoms with van der Waals surface area (Å²) in [6.07, 6.45) is 1.48. The van der Waals surface area contributed by atoms with Crippen LogP contribution in [0.4, 0.5) is 0 Å². The number of aromatic nitrogens is 1. The highest BCUT2D eigenvalue weighted by atomic mass is 35.5. The summed E-state index contributed by atoms with van der Waals surface area (Å²) in [5.74, 6) is -0.402. The molecular weight excluding hydrogens is 312 g/mol. The first-order valence-electron chi connectivity index (χ1n) is 6.81. The fraction of sp³-hybridized carbons (Fsp3) is 0.0556. The number of benzene rings is 2. The molecule has 0 N–H and O–H groups in total. The molecule has 0 aliphatic rings. The summed E-state index contributed by atoms with van der Waals surface area (Å²) in [7, 11) is 1.34. The molecule has 0 unspecified atom stereocenters. The van der Waals surface area contributed by atoms with Crippen molar-refractivity contribution in [1.29, 1.82) is 5.26 Å². The van der Waals surface area contributed by atoms with Crippen LogP contribution >= 0.6 is 11.6 Å². The Hall–Kier alpha value is -2.90. The van der Waals surface area contributed by atoms with E-state index >= 15 is 0 Å². The number of ether oxygens (including phenoxy) is 1. The molecule has 1 heterocycles. The van der Waals surface area contributed by atoms with E-state index < -0.39 is 5.97 Å². The minimum Gasteiger partial charge on any atom is -0.465 e. The number of nitrogens with zero attached hydrogens (tertiary/aromatic N) is 2. The number of carbonyl (C=O) groups excluding carboxylic acids is 1. The van der Waals surface area contributed by atoms with Crippen LogP contribution in [0.1, 0.15) is 15.9 Å². The van der Waals surface area contributed by atoms with Crippen LogP contribution in [0, 0.1) is 11.3 Å². The number of hydrogen-bond acceptors (Lipinski definition) is 4. The lowest BCUT2D eigenvalue weighted by atomic mass is 9.99. The molecule has 4 nitrogen and oxygen atoms in total. The van der Waals surface area contributed by atoms with Crippen molar-refractivity contribution in [2.45, 2.75) is 0 Å². The third-order valence-corrected chi connectivity index (χ3v) is 3.82. The molecule has 0 atom stereocenters. The average Bonchev–Trinajstić information content (AvgIpc) is 2.60. The Morgan fingerprint density at radius 1 is 1.26 bits per heavy atom. The van der Waals surface area contributed by atoms with Crippen molar-refractivity contribution in [2.75, 3.05) is 7.11 Å². The lowest BCUT2D eigenvalue weighted by Gasteiger charge is -2.09. The standard InChI is InChI=1S/C18H11ClN2O2/c1-23-18(22)13-6-5-12-3-2-4-14(15(12)8-13)17-16(19)7-11(9-20)10-21-17/h2-8,10H,1H3. The van der Waals surface area contributed by atoms with E-state index in [-0.39, 0.29) is 0 Å². The molecule has 0 spiro atoms. The van der Waals surface area contributed by atoms with Gasteiger partial charge in [0.15, 0.2) is 0 Å². The Kier molecular flexibility index (Phi) is 3.96. The van der Waals surface area contributed by atoms with Gasteiger partial charge in [-0.3, -0.25) is 4.98 Å². The molecule has 0 aliphatic heterocycles. The summed E-state index contributed by atoms with van der Waals surface area (Å²) in [6.45, 7) is 0. The summed E-state index contributed by atoms with van der Waals surface area (Å²) in [5, 5.41) is 11.1. The zero-order valence-corrected chi connectivity index (χ0v) is 13.0. The average molecular weight is 323 g/mol. The van der Waals surface area contributed by atoms with E-state index in [0.717, 1.165) is 16.3 Å². The summed E-state index contributed by atoms with van der Waals surface area (Å²) < 4.78 is 4.77. The third kappa shape index (κ3) is 2.75. The molecule has 0 bridgehead atoms. The molecule has 5 heteroatoms. The molecule has 0 aliphatic carbocycles. The first kappa shape index (κ1) is 15.0. The summed E-state index contributed by atoms with van der Waals surface area (Å²) in [4.78, 5) is 16.0. The topological polar surface area (TPSA) is 63.0 Å². The first-order chi connectivity index (χ1) is 11.1. The third-order valence-electron chi connectivity index (χ3n) is 3.53. The first-order valence-corrected chi connectivity index (χ1v) is 7.19. The fourth-order valence-corrected chi connectivity index (χ4v) is 2.69. The van der Waals surface area contributed by atoms with Gasteiger partial charge in [0.25, 0.3) is 0 Å². The maximum absolute atomic E-state index is 11.8. The van der Waals surface area contributed by atoms with Gasteiger partial charge in [-0.25, -0.2) is 4.79 Å². The van der Waals surface area contributed by atoms with E-state index in [4.69, 9.17) is 21.6 Å². The molecule has 1 aromatic heterocycles. The van der Waals surface area contributed by atoms with Crippen LogP contribution in [0.15, 0.2) is 48.7 Å². The Morgan fingerprint density at radius 3 is 2.78 bits per heavy atom. The molecular formula is C18H11ClN2O2. The second-order valence-corrected chi connectivity index (χ2v) is 5.31. The van der Waals surface area contributed by atoms with E-state index in [9.17, 15) is 4.79 Å². The number of esters is 1. The largest absolute Gasteiger partial charge is 0.465 e. The minimum atomic E-state index is -0.402. The minimum absolute atomic E-state index is 0.389. The van der Waals surface area contributed by atoms with Gasteiger partial charge in [0.05, 0.1) is 29.0 Å². The van der Waals surface area contributed by atoms with E-state index in [0.29, 0.717) is 21.8 Å². The van der Waals surface area contributed by atoms with E-state index in [1.165, 1.54) is 13.3 Å². The highest BCUT2D eigenvalue weighted by molar-refractivity contribution is 6.33. The van der Waals surface area contributed by atoms with Crippen LogP contribution in [0.2, 0.25) is 5.02 Å². The molecule has 0 saturated carbocycles. The van der Waals surface area contributed by atoms with Gasteiger partial charge in [-0.15, -0.1) is 0 Å². The number of halogens is 1. The van der Waals surface area contributed by atoms with Crippen LogP contribution < -0.4 is 0 Å². The Labute approximate surface area is 137 Å². The lowest BCUT2D eigenvalue weighted by molar-refractivity contribution is 0.0601. The Balaban J connectivity index is 2.25. The van der Waals surface area contributed by atoms with Crippen LogP contribution in [0.25, 0.3) is 22.0 Å². The number of carbonyl (C=O) groups is 1. The monoisotopic (exact) mass is 322 g/mol. The van der Waals surface area contributed by atoms with Gasteiger partial charge in [0, 0.05) is 11.8 Å². The van der Waals surface area contributed by atoms with Crippen LogP contribution in [-0.2, 0) is 4.74 Å². The van der Waals surface area contributed by atoms with Gasteiger partial charge in [-0.05, 0) is 29.0 Å². The van der Waals surface area contributed by atoms with Gasteiger partial charge >= 0.3 is 5.97 Å². The maximum atomic E-state index is 11.8. The van der Waals surface area contributed by atoms with Gasteiger partial charge < -0.3 is 4.74 Å². The Bertz CT molecular complexity index is 961. The second-order valence-electron chi connectivity index (χ2n) is 4.90. The number of methoxy groups -OCH3 is 1. The highest BCUT2D eigenvalue weighted by Gasteiger charge is 2.12. The summed E-state index contributed by atoms with van der Waals surface area (Å²) >= 11 is 6.27. The van der Waals surface area contributed by atoms with Crippen molar-refractivity contribution in [3.8, 4) is 17.3 Å². The van der Waals surface area contributed by atoms with E-state index in [2.05, 4.69) is 4.98 Å². The van der Waals surface area contributed by atoms with Crippen molar-refractivity contribution < 1.29 is 9.53 Å². The SMILES string of the molecule is COC(=O)c1ccc2cccc(-c3ncc(C#N)cc3Cl)c2c1. The van der Waals surface area contributed by atoms with Crippen LogP contribution in [0.3, 0.4) is 0 Å². The molecule has 3 aromatic rings. The van der Waals surface area contributed by atoms with Crippen molar-refractivity contribution in [3.63, 3.8) is 0 Å². The zero-order chi connectivity index (χ0) is 16.4. The van der Waals surface area contributed by atoms with Gasteiger partial charge in [-0.2, -0.15) is 5.26 Å². The van der Waals surface area contributed by atoms with Gasteiger partial charge in [-0.1, -0.05) is 35.9 Å². The number of hydrogen-bond donors (Lipinski definition) is 0. The highest BCUT2D eigenvalue weighted by Crippen LogP contribution is 2.32. The van der Waals surface area contributed by atoms with Gasteiger partial charge in [0.1, 0.15) is 6.07 Å². The molecule has 0 fully saturated rings. The quantitative estimate of drug-likeness (QED) is 0.663. The zero-order valence-electron chi connectivity index (χ0n) is 12.2. The normalized spacial score (nSPS) is 10.3. The fourth-order valence-electron chi connectivity index (χ4n) is 2.42. The summed E-state index contributed by atoms with van der Waals surface area (Å²) in [5.41, 5.74) is 2.22. The smallest absolute Gasteiger partial charge is 0.337 e. The molecule has 2 aromatic carbocycles. The predicted molar refractivity (Wildman–Crippen MR) is 88.2 cm³/mol. The maximum Gasteiger partial charge on any atom is 0.337 e. The van der Waals surface area contributed by atoms with Crippen molar-refractivity contribution in [3.05, 3.63) is 64.8 Å². The predicted octanol–water partition coefficient (Wildman–Crippen LogP) is 4.21. The molecule has 0 saturated heterocycles. The Morgan fingerprint density at radius 2 is 2.09 bits per heavy atom. The molecule has 0 radical (unpaired) electrons. The number of fused-ring (bicyclic) bond motifs is 1. The number of rotatable bonds is 2. The van der Waals surface area contributed by atoms with Crippen molar-refractivity contribution in [1.82, 2.24) is 4.98 Å². The van der Waals surface area contributed by atoms with E-state index in [1.54, 1.807) is 18.2 Å². The molecule has 3 rings (SSSR count). The number of pyridine rings is 1. The van der Waals surface area contributed by atoms with Crippen molar-refractivity contribution >= 4 is 28.3 Å². The second kappa shape index (κ2) is 6.07. The van der Waals surface area contributed by atoms with E-state index in [1.807, 2.05) is 30.3 Å². The van der Waals surface area contributed by atoms with Crippen molar-refractivity contribution in [2.24, 2.45) is 0 Å².